The third kappa shape index (κ3) is 3.59. The van der Waals surface area contributed by atoms with E-state index in [1.165, 1.54) is 18.4 Å². The summed E-state index contributed by atoms with van der Waals surface area (Å²) in [5, 5.41) is 4.32. The van der Waals surface area contributed by atoms with Gasteiger partial charge < -0.3 is 10.6 Å². The van der Waals surface area contributed by atoms with Gasteiger partial charge >= 0.3 is 0 Å². The fraction of sp³-hybridized carbons (Fsp3) is 0.667. The van der Waals surface area contributed by atoms with Gasteiger partial charge in [-0.15, -0.1) is 0 Å². The minimum atomic E-state index is 0.0892. The Hall–Kier alpha value is -0.910. The van der Waals surface area contributed by atoms with Crippen LogP contribution in [0, 0.1) is 5.92 Å². The molecular weight excluding hydrogens is 270 g/mol. The van der Waals surface area contributed by atoms with E-state index in [1.54, 1.807) is 11.3 Å². The molecule has 2 aliphatic rings. The molecule has 1 amide bonds. The second-order valence-corrected chi connectivity index (χ2v) is 6.77. The largest absolute Gasteiger partial charge is 0.340 e. The van der Waals surface area contributed by atoms with E-state index in [2.05, 4.69) is 21.7 Å². The van der Waals surface area contributed by atoms with Crippen molar-refractivity contribution in [2.45, 2.75) is 31.8 Å². The number of carbonyl (C=O) groups excluding carboxylic acids is 1. The third-order valence-corrected chi connectivity index (χ3v) is 5.08. The average Bonchev–Trinajstić information content (AvgIpc) is 3.19. The molecule has 5 heteroatoms. The molecule has 2 fully saturated rings. The molecule has 1 aromatic rings. The lowest BCUT2D eigenvalue weighted by molar-refractivity contribution is -0.133. The normalized spacial score (nSPS) is 21.9. The summed E-state index contributed by atoms with van der Waals surface area (Å²) in [6.45, 7) is 4.65. The summed E-state index contributed by atoms with van der Waals surface area (Å²) in [6.07, 6.45) is 2.96. The number of nitrogens with zero attached hydrogens (tertiary/aromatic N) is 2. The van der Waals surface area contributed by atoms with Crippen LogP contribution in [0.1, 0.15) is 24.8 Å². The molecule has 0 spiro atoms. The summed E-state index contributed by atoms with van der Waals surface area (Å²) in [6, 6.07) is 2.27. The Morgan fingerprint density at radius 3 is 2.70 bits per heavy atom. The van der Waals surface area contributed by atoms with Crippen molar-refractivity contribution >= 4 is 17.2 Å². The second-order valence-electron chi connectivity index (χ2n) is 5.99. The Kier molecular flexibility index (Phi) is 4.38. The predicted molar refractivity (Wildman–Crippen MR) is 81.5 cm³/mol. The van der Waals surface area contributed by atoms with Gasteiger partial charge in [0.1, 0.15) is 0 Å². The van der Waals surface area contributed by atoms with E-state index in [0.29, 0.717) is 12.3 Å². The van der Waals surface area contributed by atoms with Gasteiger partial charge in [-0.2, -0.15) is 11.3 Å². The lowest BCUT2D eigenvalue weighted by atomic mass is 10.1. The molecule has 2 N–H and O–H groups in total. The molecule has 0 bridgehead atoms. The molecule has 1 aromatic heterocycles. The van der Waals surface area contributed by atoms with Crippen molar-refractivity contribution in [2.75, 3.05) is 26.2 Å². The third-order valence-electron chi connectivity index (χ3n) is 4.35. The zero-order valence-electron chi connectivity index (χ0n) is 11.8. The number of thiophene rings is 1. The van der Waals surface area contributed by atoms with E-state index in [0.717, 1.165) is 32.7 Å². The molecular formula is C15H23N3OS. The minimum Gasteiger partial charge on any atom is -0.340 e. The lowest BCUT2D eigenvalue weighted by Crippen LogP contribution is -2.49. The second kappa shape index (κ2) is 6.24. The van der Waals surface area contributed by atoms with Crippen LogP contribution >= 0.6 is 11.3 Å². The van der Waals surface area contributed by atoms with Crippen molar-refractivity contribution in [3.63, 3.8) is 0 Å². The van der Waals surface area contributed by atoms with Crippen LogP contribution < -0.4 is 5.73 Å². The number of hydrogen-bond acceptors (Lipinski definition) is 4. The van der Waals surface area contributed by atoms with E-state index in [9.17, 15) is 4.79 Å². The first-order chi connectivity index (χ1) is 9.72. The van der Waals surface area contributed by atoms with E-state index < -0.39 is 0 Å². The number of hydrogen-bond donors (Lipinski definition) is 1. The maximum absolute atomic E-state index is 12.2. The molecule has 1 unspecified atom stereocenters. The summed E-state index contributed by atoms with van der Waals surface area (Å²) in [4.78, 5) is 16.6. The summed E-state index contributed by atoms with van der Waals surface area (Å²) in [5.41, 5.74) is 7.43. The van der Waals surface area contributed by atoms with Crippen LogP contribution in [0.4, 0.5) is 0 Å². The van der Waals surface area contributed by atoms with Gasteiger partial charge in [0.15, 0.2) is 0 Å². The summed E-state index contributed by atoms with van der Waals surface area (Å²) < 4.78 is 0. The van der Waals surface area contributed by atoms with Crippen LogP contribution in [0.5, 0.6) is 0 Å². The van der Waals surface area contributed by atoms with Crippen LogP contribution in [-0.2, 0) is 11.3 Å². The van der Waals surface area contributed by atoms with Crippen molar-refractivity contribution in [1.82, 2.24) is 9.80 Å². The van der Waals surface area contributed by atoms with Gasteiger partial charge in [0.25, 0.3) is 0 Å². The Bertz CT molecular complexity index is 436. The summed E-state index contributed by atoms with van der Waals surface area (Å²) >= 11 is 1.74. The zero-order valence-corrected chi connectivity index (χ0v) is 12.6. The quantitative estimate of drug-likeness (QED) is 0.895. The van der Waals surface area contributed by atoms with Crippen LogP contribution in [0.3, 0.4) is 0 Å². The van der Waals surface area contributed by atoms with E-state index in [4.69, 9.17) is 5.73 Å². The van der Waals surface area contributed by atoms with Crippen molar-refractivity contribution < 1.29 is 4.79 Å². The number of amides is 1. The highest BCUT2D eigenvalue weighted by molar-refractivity contribution is 7.07. The number of carbonyl (C=O) groups is 1. The molecule has 2 heterocycles. The summed E-state index contributed by atoms with van der Waals surface area (Å²) in [7, 11) is 0. The van der Waals surface area contributed by atoms with E-state index in [1.807, 2.05) is 4.90 Å². The molecule has 0 radical (unpaired) electrons. The van der Waals surface area contributed by atoms with Gasteiger partial charge in [0.05, 0.1) is 0 Å². The average molecular weight is 293 g/mol. The van der Waals surface area contributed by atoms with Gasteiger partial charge in [0.2, 0.25) is 5.91 Å². The van der Waals surface area contributed by atoms with Crippen LogP contribution in [0.2, 0.25) is 0 Å². The highest BCUT2D eigenvalue weighted by atomic mass is 32.1. The standard InChI is InChI=1S/C15H23N3OS/c16-14(13-1-2-13)9-15(19)18-6-4-17(5-7-18)10-12-3-8-20-11-12/h3,8,11,13-14H,1-2,4-7,9-10,16H2. The van der Waals surface area contributed by atoms with Gasteiger partial charge in [-0.05, 0) is 41.1 Å². The highest BCUT2D eigenvalue weighted by Gasteiger charge is 2.31. The molecule has 3 rings (SSSR count). The Labute approximate surface area is 124 Å². The van der Waals surface area contributed by atoms with E-state index in [-0.39, 0.29) is 11.9 Å². The monoisotopic (exact) mass is 293 g/mol. The fourth-order valence-corrected chi connectivity index (χ4v) is 3.48. The molecule has 4 nitrogen and oxygen atoms in total. The van der Waals surface area contributed by atoms with E-state index >= 15 is 0 Å². The topological polar surface area (TPSA) is 49.6 Å². The Morgan fingerprint density at radius 2 is 2.10 bits per heavy atom. The van der Waals surface area contributed by atoms with Crippen molar-refractivity contribution in [1.29, 1.82) is 0 Å². The molecule has 1 aliphatic heterocycles. The van der Waals surface area contributed by atoms with Crippen molar-refractivity contribution in [3.05, 3.63) is 22.4 Å². The van der Waals surface area contributed by atoms with Crippen LogP contribution in [0.25, 0.3) is 0 Å². The van der Waals surface area contributed by atoms with Crippen LogP contribution in [0.15, 0.2) is 16.8 Å². The van der Waals surface area contributed by atoms with Gasteiger partial charge in [0, 0.05) is 45.2 Å². The molecule has 1 atom stereocenters. The van der Waals surface area contributed by atoms with Gasteiger partial charge in [-0.1, -0.05) is 0 Å². The fourth-order valence-electron chi connectivity index (χ4n) is 2.82. The minimum absolute atomic E-state index is 0.0892. The highest BCUT2D eigenvalue weighted by Crippen LogP contribution is 2.33. The SMILES string of the molecule is NC(CC(=O)N1CCN(Cc2ccsc2)CC1)C1CC1. The molecule has 1 saturated heterocycles. The number of rotatable bonds is 5. The number of nitrogens with two attached hydrogens (primary N) is 1. The van der Waals surface area contributed by atoms with Gasteiger partial charge in [-0.25, -0.2) is 0 Å². The first kappa shape index (κ1) is 14.0. The summed E-state index contributed by atoms with van der Waals surface area (Å²) in [5.74, 6) is 0.860. The molecule has 110 valence electrons. The number of piperazine rings is 1. The molecule has 0 aromatic carbocycles. The maximum Gasteiger partial charge on any atom is 0.224 e. The first-order valence-electron chi connectivity index (χ1n) is 7.49. The van der Waals surface area contributed by atoms with Crippen LogP contribution in [-0.4, -0.2) is 47.9 Å². The van der Waals surface area contributed by atoms with Crippen molar-refractivity contribution in [2.24, 2.45) is 11.7 Å². The Balaban J connectivity index is 1.42. The lowest BCUT2D eigenvalue weighted by Gasteiger charge is -2.35. The first-order valence-corrected chi connectivity index (χ1v) is 8.43. The molecule has 1 aliphatic carbocycles. The van der Waals surface area contributed by atoms with Crippen molar-refractivity contribution in [3.8, 4) is 0 Å². The Morgan fingerprint density at radius 1 is 1.35 bits per heavy atom. The molecule has 1 saturated carbocycles. The van der Waals surface area contributed by atoms with Gasteiger partial charge in [-0.3, -0.25) is 9.69 Å². The predicted octanol–water partition coefficient (Wildman–Crippen LogP) is 1.52. The zero-order chi connectivity index (χ0) is 13.9. The smallest absolute Gasteiger partial charge is 0.224 e. The molecule has 20 heavy (non-hydrogen) atoms. The maximum atomic E-state index is 12.2.